The number of nitrogens with one attached hydrogen (secondary N) is 1. The lowest BCUT2D eigenvalue weighted by molar-refractivity contribution is -0.142. The summed E-state index contributed by atoms with van der Waals surface area (Å²) in [5.74, 6) is -1.52. The number of anilines is 1. The van der Waals surface area contributed by atoms with Gasteiger partial charge in [0.1, 0.15) is 12.1 Å². The van der Waals surface area contributed by atoms with Crippen molar-refractivity contribution >= 4 is 40.4 Å². The van der Waals surface area contributed by atoms with E-state index in [2.05, 4.69) is 25.5 Å². The minimum Gasteiger partial charge on any atom is -0.288 e. The highest BCUT2D eigenvalue weighted by atomic mass is 35.5. The first-order chi connectivity index (χ1) is 16.7. The van der Waals surface area contributed by atoms with Gasteiger partial charge in [0.25, 0.3) is 5.91 Å². The lowest BCUT2D eigenvalue weighted by atomic mass is 10.2. The summed E-state index contributed by atoms with van der Waals surface area (Å²) in [4.78, 5) is 21.3. The maximum Gasteiger partial charge on any atom is 0.433 e. The van der Waals surface area contributed by atoms with Crippen LogP contribution < -0.4 is 5.32 Å². The number of carbonyl (C=O) groups excluding carboxylic acids is 1. The third-order valence-corrected chi connectivity index (χ3v) is 6.11. The fourth-order valence-electron chi connectivity index (χ4n) is 3.28. The van der Waals surface area contributed by atoms with Crippen LogP contribution in [-0.2, 0) is 12.7 Å². The molecule has 0 aliphatic rings. The van der Waals surface area contributed by atoms with E-state index in [-0.39, 0.29) is 40.1 Å². The van der Waals surface area contributed by atoms with Crippen LogP contribution in [0.25, 0.3) is 16.2 Å². The highest BCUT2D eigenvalue weighted by Gasteiger charge is 2.35. The zero-order valence-corrected chi connectivity index (χ0v) is 18.9. The lowest BCUT2D eigenvalue weighted by Crippen LogP contribution is -2.16. The number of benzene rings is 1. The zero-order valence-electron chi connectivity index (χ0n) is 17.3. The third-order valence-electron chi connectivity index (χ3n) is 4.87. The van der Waals surface area contributed by atoms with Crippen molar-refractivity contribution < 1.29 is 22.4 Å². The van der Waals surface area contributed by atoms with Crippen molar-refractivity contribution in [2.75, 3.05) is 5.32 Å². The Balaban J connectivity index is 1.42. The number of hydrogen-bond donors (Lipinski definition) is 1. The minimum absolute atomic E-state index is 0.0485. The normalized spacial score (nSPS) is 11.8. The lowest BCUT2D eigenvalue weighted by Gasteiger charge is -2.10. The second kappa shape index (κ2) is 8.74. The molecule has 178 valence electrons. The molecule has 5 rings (SSSR count). The van der Waals surface area contributed by atoms with Crippen molar-refractivity contribution in [3.05, 3.63) is 82.0 Å². The third kappa shape index (κ3) is 4.59. The maximum atomic E-state index is 14.0. The summed E-state index contributed by atoms with van der Waals surface area (Å²) in [7, 11) is 0. The van der Waals surface area contributed by atoms with Gasteiger partial charge in [-0.1, -0.05) is 23.7 Å². The molecule has 0 spiro atoms. The molecular weight excluding hydrogens is 510 g/mol. The smallest absolute Gasteiger partial charge is 0.288 e. The van der Waals surface area contributed by atoms with E-state index in [1.54, 1.807) is 17.5 Å². The van der Waals surface area contributed by atoms with E-state index in [4.69, 9.17) is 11.6 Å². The number of thiophene rings is 1. The standard InChI is InChI=1S/C21H12ClF4N7OS/c22-12-3-1-4-13(23)11(12)9-32-10-27-20(31-32)29-19(34)15-8-18-28-14(16-5-2-6-35-16)7-17(21(24,25)26)33(18)30-15/h1-8,10H,9H2,(H,29,31,34). The van der Waals surface area contributed by atoms with E-state index in [1.165, 1.54) is 40.5 Å². The number of alkyl halides is 3. The Morgan fingerprint density at radius 1 is 1.14 bits per heavy atom. The molecule has 4 heterocycles. The van der Waals surface area contributed by atoms with Crippen LogP contribution in [0.2, 0.25) is 5.02 Å². The highest BCUT2D eigenvalue weighted by Crippen LogP contribution is 2.33. The maximum absolute atomic E-state index is 14.0. The van der Waals surface area contributed by atoms with Gasteiger partial charge in [0.2, 0.25) is 5.95 Å². The fraction of sp³-hybridized carbons (Fsp3) is 0.0952. The van der Waals surface area contributed by atoms with Gasteiger partial charge in [-0.15, -0.1) is 16.4 Å². The Kier molecular flexibility index (Phi) is 5.73. The van der Waals surface area contributed by atoms with E-state index < -0.39 is 23.6 Å². The Morgan fingerprint density at radius 2 is 1.97 bits per heavy atom. The largest absolute Gasteiger partial charge is 0.433 e. The average molecular weight is 522 g/mol. The van der Waals surface area contributed by atoms with Crippen LogP contribution in [0.1, 0.15) is 21.7 Å². The number of aromatic nitrogens is 6. The first kappa shape index (κ1) is 22.9. The fourth-order valence-corrected chi connectivity index (χ4v) is 4.19. The van der Waals surface area contributed by atoms with Crippen LogP contribution in [0.15, 0.2) is 54.2 Å². The number of rotatable bonds is 5. The molecule has 0 aliphatic carbocycles. The van der Waals surface area contributed by atoms with Gasteiger partial charge in [0.15, 0.2) is 17.0 Å². The second-order valence-electron chi connectivity index (χ2n) is 7.22. The highest BCUT2D eigenvalue weighted by molar-refractivity contribution is 7.13. The summed E-state index contributed by atoms with van der Waals surface area (Å²) >= 11 is 7.24. The van der Waals surface area contributed by atoms with E-state index in [0.29, 0.717) is 9.39 Å². The van der Waals surface area contributed by atoms with Crippen molar-refractivity contribution in [2.45, 2.75) is 12.7 Å². The van der Waals surface area contributed by atoms with Crippen LogP contribution in [0.3, 0.4) is 0 Å². The van der Waals surface area contributed by atoms with Gasteiger partial charge in [-0.25, -0.2) is 23.6 Å². The van der Waals surface area contributed by atoms with Gasteiger partial charge >= 0.3 is 6.18 Å². The first-order valence-electron chi connectivity index (χ1n) is 9.84. The van der Waals surface area contributed by atoms with Gasteiger partial charge in [-0.2, -0.15) is 18.3 Å². The van der Waals surface area contributed by atoms with E-state index in [0.717, 1.165) is 12.1 Å². The Bertz CT molecular complexity index is 1530. The minimum atomic E-state index is -4.73. The molecule has 0 saturated carbocycles. The molecule has 8 nitrogen and oxygen atoms in total. The number of hydrogen-bond acceptors (Lipinski definition) is 6. The SMILES string of the molecule is O=C(Nc1ncn(Cc2c(F)cccc2Cl)n1)c1cc2nc(-c3cccs3)cc(C(F)(F)F)n2n1. The Hall–Kier alpha value is -3.84. The average Bonchev–Trinajstić information content (AvgIpc) is 3.55. The predicted octanol–water partition coefficient (Wildman–Crippen LogP) is 5.16. The Morgan fingerprint density at radius 3 is 2.69 bits per heavy atom. The van der Waals surface area contributed by atoms with Gasteiger partial charge in [-0.05, 0) is 29.6 Å². The number of carbonyl (C=O) groups is 1. The van der Waals surface area contributed by atoms with Crippen LogP contribution in [0.4, 0.5) is 23.5 Å². The summed E-state index contributed by atoms with van der Waals surface area (Å²) in [5, 5.41) is 12.1. The first-order valence-corrected chi connectivity index (χ1v) is 11.1. The molecule has 4 aromatic heterocycles. The van der Waals surface area contributed by atoms with Crippen molar-refractivity contribution in [3.8, 4) is 10.6 Å². The number of halogens is 5. The summed E-state index contributed by atoms with van der Waals surface area (Å²) in [6.07, 6.45) is -3.49. The van der Waals surface area contributed by atoms with Crippen LogP contribution in [-0.4, -0.2) is 35.3 Å². The number of fused-ring (bicyclic) bond motifs is 1. The van der Waals surface area contributed by atoms with Crippen molar-refractivity contribution in [1.29, 1.82) is 0 Å². The molecule has 1 N–H and O–H groups in total. The molecule has 0 saturated heterocycles. The molecule has 0 unspecified atom stereocenters. The van der Waals surface area contributed by atoms with Crippen molar-refractivity contribution in [1.82, 2.24) is 29.4 Å². The molecule has 0 radical (unpaired) electrons. The molecule has 0 fully saturated rings. The molecule has 14 heteroatoms. The van der Waals surface area contributed by atoms with Crippen LogP contribution >= 0.6 is 22.9 Å². The topological polar surface area (TPSA) is 90.0 Å². The summed E-state index contributed by atoms with van der Waals surface area (Å²) < 4.78 is 56.9. The molecule has 35 heavy (non-hydrogen) atoms. The zero-order chi connectivity index (χ0) is 24.7. The van der Waals surface area contributed by atoms with E-state index in [9.17, 15) is 22.4 Å². The van der Waals surface area contributed by atoms with Gasteiger partial charge in [-0.3, -0.25) is 10.1 Å². The molecule has 1 amide bonds. The van der Waals surface area contributed by atoms with Crippen molar-refractivity contribution in [2.24, 2.45) is 0 Å². The molecule has 0 atom stereocenters. The molecule has 5 aromatic rings. The summed E-state index contributed by atoms with van der Waals surface area (Å²) in [5.41, 5.74) is -1.25. The van der Waals surface area contributed by atoms with Crippen molar-refractivity contribution in [3.63, 3.8) is 0 Å². The van der Waals surface area contributed by atoms with Gasteiger partial charge in [0, 0.05) is 16.7 Å². The van der Waals surface area contributed by atoms with E-state index in [1.807, 2.05) is 0 Å². The van der Waals surface area contributed by atoms with Crippen LogP contribution in [0, 0.1) is 5.82 Å². The molecular formula is C21H12ClF4N7OS. The number of amides is 1. The Labute approximate surface area is 202 Å². The molecule has 0 bridgehead atoms. The summed E-state index contributed by atoms with van der Waals surface area (Å²) in [6, 6.07) is 9.59. The number of nitrogens with zero attached hydrogens (tertiary/aromatic N) is 6. The van der Waals surface area contributed by atoms with Gasteiger partial charge in [0.05, 0.1) is 17.1 Å². The van der Waals surface area contributed by atoms with Crippen LogP contribution in [0.5, 0.6) is 0 Å². The monoisotopic (exact) mass is 521 g/mol. The molecule has 1 aromatic carbocycles. The second-order valence-corrected chi connectivity index (χ2v) is 8.58. The van der Waals surface area contributed by atoms with E-state index >= 15 is 0 Å². The molecule has 0 aliphatic heterocycles. The predicted molar refractivity (Wildman–Crippen MR) is 120 cm³/mol. The summed E-state index contributed by atoms with van der Waals surface area (Å²) in [6.45, 7) is -0.0485. The van der Waals surface area contributed by atoms with Gasteiger partial charge < -0.3 is 0 Å². The quantitative estimate of drug-likeness (QED) is 0.323.